The topological polar surface area (TPSA) is 219 Å². The molecule has 3 aromatic rings. The Morgan fingerprint density at radius 3 is 2.60 bits per heavy atom. The standard InChI is InChI=1S/C41H54N8O9S2/c1-23(2)43-38-45-32(22-59-38)30-17-24-16-26(56-6)11-14-29(24)35(44-30)57-27-18-33-34(50)47-41(37(52)48-60(54,55)28-12-13-28)19-25(41)10-8-7-9-15-42-20-31(36(51)49(33)21-27)46-39(53)58-40(3,4)5/h8,10-11,14,16-17,22-23,25,27-28,31,33,42H,7,9,12-13,15,18-21H2,1-6H3,(H,43,45)(H,46,53)(H,47,50)(H,48,52)/b10-8-/t25-,27?,31+,33+,41-/m1/s1. The molecule has 7 rings (SSSR count). The number of allylic oxidation sites excluding steroid dienone is 1. The van der Waals surface area contributed by atoms with E-state index in [4.69, 9.17) is 24.2 Å². The number of hydrogen-bond donors (Lipinski definition) is 5. The molecule has 4 aliphatic rings. The molecule has 19 heteroatoms. The molecular formula is C41H54N8O9S2. The van der Waals surface area contributed by atoms with Crippen LogP contribution < -0.4 is 35.5 Å². The minimum Gasteiger partial charge on any atom is -0.497 e. The molecule has 60 heavy (non-hydrogen) atoms. The Balaban J connectivity index is 1.23. The SMILES string of the molecule is COc1ccc2c(OC3C[C@H]4C(=O)N[C@]5(C(=O)NS(=O)(=O)C6CC6)C[C@H]5/C=C\CCCNC[C@H](NC(=O)OC(C)(C)C)C(=O)N4C3)nc(-c3csc(NC(C)C)n3)cc2c1. The van der Waals surface area contributed by atoms with E-state index in [2.05, 4.69) is 26.0 Å². The summed E-state index contributed by atoms with van der Waals surface area (Å²) < 4.78 is 45.8. The van der Waals surface area contributed by atoms with E-state index in [0.29, 0.717) is 54.8 Å². The van der Waals surface area contributed by atoms with Crippen LogP contribution in [0, 0.1) is 5.92 Å². The number of benzene rings is 1. The molecule has 0 bridgehead atoms. The molecule has 2 saturated carbocycles. The third-order valence-corrected chi connectivity index (χ3v) is 13.3. The van der Waals surface area contributed by atoms with Gasteiger partial charge in [0.05, 0.1) is 24.6 Å². The van der Waals surface area contributed by atoms with Crippen molar-refractivity contribution in [3.63, 3.8) is 0 Å². The molecule has 324 valence electrons. The number of carbonyl (C=O) groups excluding carboxylic acids is 4. The Bertz CT molecular complexity index is 2270. The van der Waals surface area contributed by atoms with Gasteiger partial charge in [0.25, 0.3) is 5.91 Å². The number of carbonyl (C=O) groups is 4. The van der Waals surface area contributed by atoms with Crippen molar-refractivity contribution < 1.29 is 41.8 Å². The zero-order chi connectivity index (χ0) is 43.0. The summed E-state index contributed by atoms with van der Waals surface area (Å²) in [6.45, 7) is 9.65. The second-order valence-electron chi connectivity index (χ2n) is 17.1. The number of fused-ring (bicyclic) bond motifs is 3. The molecule has 1 unspecified atom stereocenters. The number of hydrogen-bond acceptors (Lipinski definition) is 14. The van der Waals surface area contributed by atoms with Gasteiger partial charge in [-0.05, 0) is 103 Å². The van der Waals surface area contributed by atoms with Gasteiger partial charge in [-0.2, -0.15) is 0 Å². The molecule has 17 nitrogen and oxygen atoms in total. The van der Waals surface area contributed by atoms with E-state index < -0.39 is 74.3 Å². The van der Waals surface area contributed by atoms with Crippen LogP contribution in [0.25, 0.3) is 22.2 Å². The molecule has 4 amide bonds. The fourth-order valence-corrected chi connectivity index (χ4v) is 9.67. The molecular weight excluding hydrogens is 813 g/mol. The number of sulfonamides is 1. The molecule has 3 fully saturated rings. The molecule has 5 atom stereocenters. The highest BCUT2D eigenvalue weighted by atomic mass is 32.2. The van der Waals surface area contributed by atoms with Crippen LogP contribution >= 0.6 is 11.3 Å². The molecule has 4 heterocycles. The quantitative estimate of drug-likeness (QED) is 0.183. The lowest BCUT2D eigenvalue weighted by Crippen LogP contribution is -2.59. The summed E-state index contributed by atoms with van der Waals surface area (Å²) in [4.78, 5) is 67.1. The largest absolute Gasteiger partial charge is 0.497 e. The van der Waals surface area contributed by atoms with Gasteiger partial charge in [-0.15, -0.1) is 11.3 Å². The van der Waals surface area contributed by atoms with Gasteiger partial charge in [0.15, 0.2) is 5.13 Å². The average molecular weight is 867 g/mol. The fourth-order valence-electron chi connectivity index (χ4n) is 7.46. The van der Waals surface area contributed by atoms with Gasteiger partial charge in [0.2, 0.25) is 27.7 Å². The minimum atomic E-state index is -3.92. The van der Waals surface area contributed by atoms with Crippen LogP contribution in [0.5, 0.6) is 11.6 Å². The van der Waals surface area contributed by atoms with Crippen LogP contribution in [0.1, 0.15) is 73.1 Å². The van der Waals surface area contributed by atoms with Crippen LogP contribution in [-0.4, -0.2) is 114 Å². The maximum Gasteiger partial charge on any atom is 0.408 e. The predicted octanol–water partition coefficient (Wildman–Crippen LogP) is 3.85. The molecule has 1 aromatic carbocycles. The number of pyridine rings is 1. The van der Waals surface area contributed by atoms with E-state index in [0.717, 1.165) is 10.5 Å². The first-order valence-electron chi connectivity index (χ1n) is 20.4. The predicted molar refractivity (Wildman–Crippen MR) is 226 cm³/mol. The summed E-state index contributed by atoms with van der Waals surface area (Å²) in [7, 11) is -2.35. The van der Waals surface area contributed by atoms with Crippen molar-refractivity contribution >= 4 is 61.1 Å². The summed E-state index contributed by atoms with van der Waals surface area (Å²) in [5.74, 6) is -1.64. The van der Waals surface area contributed by atoms with Gasteiger partial charge < -0.3 is 40.4 Å². The Morgan fingerprint density at radius 1 is 1.10 bits per heavy atom. The van der Waals surface area contributed by atoms with E-state index in [1.54, 1.807) is 33.9 Å². The van der Waals surface area contributed by atoms with Crippen molar-refractivity contribution in [3.05, 3.63) is 41.8 Å². The first-order valence-corrected chi connectivity index (χ1v) is 22.8. The number of rotatable bonds is 10. The molecule has 0 spiro atoms. The number of amides is 4. The fraction of sp³-hybridized carbons (Fsp3) is 0.561. The zero-order valence-corrected chi connectivity index (χ0v) is 36.3. The van der Waals surface area contributed by atoms with Crippen LogP contribution in [0.2, 0.25) is 0 Å². The van der Waals surface area contributed by atoms with Crippen LogP contribution in [-0.2, 0) is 29.1 Å². The normalized spacial score (nSPS) is 25.6. The van der Waals surface area contributed by atoms with Crippen molar-refractivity contribution in [1.82, 2.24) is 35.5 Å². The van der Waals surface area contributed by atoms with Gasteiger partial charge in [0.1, 0.15) is 40.8 Å². The zero-order valence-electron chi connectivity index (χ0n) is 34.7. The third kappa shape index (κ3) is 9.95. The number of ether oxygens (including phenoxy) is 3. The van der Waals surface area contributed by atoms with Crippen molar-refractivity contribution in [2.75, 3.05) is 32.1 Å². The molecule has 2 aromatic heterocycles. The number of methoxy groups -OCH3 is 1. The Morgan fingerprint density at radius 2 is 1.88 bits per heavy atom. The maximum atomic E-state index is 14.7. The highest BCUT2D eigenvalue weighted by molar-refractivity contribution is 7.91. The van der Waals surface area contributed by atoms with Gasteiger partial charge in [-0.3, -0.25) is 19.1 Å². The second-order valence-corrected chi connectivity index (χ2v) is 20.0. The summed E-state index contributed by atoms with van der Waals surface area (Å²) in [6.07, 6.45) is 4.53. The first-order chi connectivity index (χ1) is 28.4. The van der Waals surface area contributed by atoms with Gasteiger partial charge >= 0.3 is 6.09 Å². The van der Waals surface area contributed by atoms with Crippen molar-refractivity contribution in [2.24, 2.45) is 5.92 Å². The number of alkyl carbamates (subject to hydrolysis) is 1. The van der Waals surface area contributed by atoms with Crippen molar-refractivity contribution in [2.45, 2.75) is 114 Å². The highest BCUT2D eigenvalue weighted by Crippen LogP contribution is 2.46. The first kappa shape index (κ1) is 43.1. The Labute approximate surface area is 353 Å². The summed E-state index contributed by atoms with van der Waals surface area (Å²) in [6, 6.07) is 5.21. The van der Waals surface area contributed by atoms with Gasteiger partial charge in [-0.25, -0.2) is 23.2 Å². The van der Waals surface area contributed by atoms with E-state index in [9.17, 15) is 27.6 Å². The van der Waals surface area contributed by atoms with Gasteiger partial charge in [-0.1, -0.05) is 12.2 Å². The van der Waals surface area contributed by atoms with Crippen molar-refractivity contribution in [3.8, 4) is 23.0 Å². The van der Waals surface area contributed by atoms with E-state index >= 15 is 0 Å². The molecule has 0 radical (unpaired) electrons. The number of thiazole rings is 1. The smallest absolute Gasteiger partial charge is 0.408 e. The highest BCUT2D eigenvalue weighted by Gasteiger charge is 2.62. The molecule has 1 saturated heterocycles. The lowest BCUT2D eigenvalue weighted by molar-refractivity contribution is -0.141. The third-order valence-electron chi connectivity index (χ3n) is 10.7. The molecule has 2 aliphatic carbocycles. The van der Waals surface area contributed by atoms with E-state index in [-0.39, 0.29) is 37.9 Å². The summed E-state index contributed by atoms with van der Waals surface area (Å²) in [5, 5.41) is 15.5. The minimum absolute atomic E-state index is 0.00848. The Hall–Kier alpha value is -5.01. The summed E-state index contributed by atoms with van der Waals surface area (Å²) >= 11 is 1.45. The number of nitrogens with zero attached hydrogens (tertiary/aromatic N) is 3. The Kier molecular flexibility index (Phi) is 12.3. The lowest BCUT2D eigenvalue weighted by Gasteiger charge is -2.30. The maximum absolute atomic E-state index is 14.7. The average Bonchev–Trinajstić information content (AvgIpc) is 4.06. The number of anilines is 1. The van der Waals surface area contributed by atoms with E-state index in [1.807, 2.05) is 49.6 Å². The number of aromatic nitrogens is 2. The molecule has 5 N–H and O–H groups in total. The lowest BCUT2D eigenvalue weighted by atomic mass is 10.1. The second kappa shape index (κ2) is 17.2. The van der Waals surface area contributed by atoms with Crippen LogP contribution in [0.15, 0.2) is 41.8 Å². The van der Waals surface area contributed by atoms with E-state index in [1.165, 1.54) is 16.2 Å². The monoisotopic (exact) mass is 866 g/mol. The summed E-state index contributed by atoms with van der Waals surface area (Å²) in [5.41, 5.74) is -1.23. The van der Waals surface area contributed by atoms with Gasteiger partial charge in [0, 0.05) is 35.7 Å². The number of nitrogens with one attached hydrogen (secondary N) is 5. The van der Waals surface area contributed by atoms with Crippen LogP contribution in [0.4, 0.5) is 9.93 Å². The van der Waals surface area contributed by atoms with Crippen LogP contribution in [0.3, 0.4) is 0 Å². The molecule has 2 aliphatic heterocycles. The van der Waals surface area contributed by atoms with Crippen molar-refractivity contribution in [1.29, 1.82) is 0 Å².